The molecule has 14 heavy (non-hydrogen) atoms. The highest BCUT2D eigenvalue weighted by Gasteiger charge is 1.98. The minimum atomic E-state index is -1.39. The summed E-state index contributed by atoms with van der Waals surface area (Å²) in [6.07, 6.45) is 5.25. The first kappa shape index (κ1) is 11.2. The summed E-state index contributed by atoms with van der Waals surface area (Å²) in [7, 11) is -1.39. The molecule has 1 rings (SSSR count). The number of benzene rings is 1. The van der Waals surface area contributed by atoms with Gasteiger partial charge in [-0.3, -0.25) is 0 Å². The monoisotopic (exact) mass is 206 g/mol. The van der Waals surface area contributed by atoms with Crippen molar-refractivity contribution in [3.8, 4) is 0 Å². The van der Waals surface area contributed by atoms with Crippen molar-refractivity contribution in [3.05, 3.63) is 48.0 Å². The smallest absolute Gasteiger partial charge is 0.176 e. The summed E-state index contributed by atoms with van der Waals surface area (Å²) in [4.78, 5) is 9.44. The number of hydrogen-bond acceptors (Lipinski definition) is 1. The Kier molecular flexibility index (Phi) is 5.26. The molecule has 76 valence electrons. The van der Waals surface area contributed by atoms with E-state index in [2.05, 4.69) is 43.3 Å². The van der Waals surface area contributed by atoms with Crippen molar-refractivity contribution in [2.24, 2.45) is 0 Å². The lowest BCUT2D eigenvalue weighted by molar-refractivity contribution is 0.573. The van der Waals surface area contributed by atoms with Gasteiger partial charge in [0.15, 0.2) is 9.04 Å². The first-order valence-electron chi connectivity index (χ1n) is 5.20. The molecule has 1 atom stereocenters. The summed E-state index contributed by atoms with van der Waals surface area (Å²) in [5.41, 5.74) is 1.33. The van der Waals surface area contributed by atoms with Crippen LogP contribution in [0, 0.1) is 0 Å². The first-order valence-corrected chi connectivity index (χ1v) is 7.35. The van der Waals surface area contributed by atoms with Crippen LogP contribution in [0.15, 0.2) is 42.5 Å². The van der Waals surface area contributed by atoms with Crippen LogP contribution in [0.3, 0.4) is 0 Å². The maximum absolute atomic E-state index is 9.44. The standard InChI is InChI=1S/C12H18OSi/c1-2-14(13)11-7-6-10-12-8-4-3-5-9-12/h3-9,13-14H,2,10-11H2,1H3. The maximum Gasteiger partial charge on any atom is 0.176 e. The molecule has 0 aliphatic rings. The molecule has 0 radical (unpaired) electrons. The molecule has 1 unspecified atom stereocenters. The number of rotatable bonds is 5. The van der Waals surface area contributed by atoms with Gasteiger partial charge in [-0.1, -0.05) is 49.4 Å². The van der Waals surface area contributed by atoms with Gasteiger partial charge in [-0.05, 0) is 24.1 Å². The van der Waals surface area contributed by atoms with Crippen LogP contribution >= 0.6 is 0 Å². The molecule has 0 amide bonds. The summed E-state index contributed by atoms with van der Waals surface area (Å²) < 4.78 is 0. The van der Waals surface area contributed by atoms with E-state index >= 15 is 0 Å². The normalized spacial score (nSPS) is 13.3. The molecular weight excluding hydrogens is 188 g/mol. The van der Waals surface area contributed by atoms with Gasteiger partial charge in [0.2, 0.25) is 0 Å². The Labute approximate surface area is 87.8 Å². The number of allylic oxidation sites excluding steroid dienone is 2. The third-order valence-corrected chi connectivity index (χ3v) is 4.00. The van der Waals surface area contributed by atoms with Crippen LogP contribution in [0.1, 0.15) is 12.5 Å². The van der Waals surface area contributed by atoms with Gasteiger partial charge in [-0.15, -0.1) is 0 Å². The molecule has 0 fully saturated rings. The van der Waals surface area contributed by atoms with Gasteiger partial charge in [0.1, 0.15) is 0 Å². The Bertz CT molecular complexity index is 269. The molecule has 0 aliphatic carbocycles. The third-order valence-electron chi connectivity index (χ3n) is 2.24. The van der Waals surface area contributed by atoms with Crippen molar-refractivity contribution in [2.45, 2.75) is 25.4 Å². The zero-order valence-corrected chi connectivity index (χ0v) is 9.84. The molecule has 1 aromatic carbocycles. The van der Waals surface area contributed by atoms with Crippen molar-refractivity contribution >= 4 is 9.04 Å². The van der Waals surface area contributed by atoms with E-state index in [1.807, 2.05) is 6.07 Å². The molecule has 0 aliphatic heterocycles. The van der Waals surface area contributed by atoms with Gasteiger partial charge in [0.05, 0.1) is 0 Å². The highest BCUT2D eigenvalue weighted by Crippen LogP contribution is 2.02. The summed E-state index contributed by atoms with van der Waals surface area (Å²) in [5, 5.41) is 0. The summed E-state index contributed by atoms with van der Waals surface area (Å²) >= 11 is 0. The van der Waals surface area contributed by atoms with E-state index in [1.54, 1.807) is 0 Å². The third kappa shape index (κ3) is 4.39. The SMILES string of the molecule is CC[SiH](O)CC=CCc1ccccc1. The minimum Gasteiger partial charge on any atom is -0.434 e. The lowest BCUT2D eigenvalue weighted by Crippen LogP contribution is -2.06. The lowest BCUT2D eigenvalue weighted by atomic mass is 10.1. The van der Waals surface area contributed by atoms with Crippen molar-refractivity contribution in [3.63, 3.8) is 0 Å². The Morgan fingerprint density at radius 3 is 2.57 bits per heavy atom. The predicted octanol–water partition coefficient (Wildman–Crippen LogP) is 2.52. The van der Waals surface area contributed by atoms with Gasteiger partial charge in [0.25, 0.3) is 0 Å². The van der Waals surface area contributed by atoms with Gasteiger partial charge in [-0.25, -0.2) is 0 Å². The molecule has 0 bridgehead atoms. The topological polar surface area (TPSA) is 20.2 Å². The van der Waals surface area contributed by atoms with Gasteiger partial charge < -0.3 is 4.80 Å². The van der Waals surface area contributed by atoms with Crippen molar-refractivity contribution in [1.29, 1.82) is 0 Å². The van der Waals surface area contributed by atoms with E-state index in [0.717, 1.165) is 18.5 Å². The molecule has 1 N–H and O–H groups in total. The zero-order chi connectivity index (χ0) is 10.2. The van der Waals surface area contributed by atoms with Gasteiger partial charge in [0, 0.05) is 0 Å². The van der Waals surface area contributed by atoms with Crippen molar-refractivity contribution < 1.29 is 4.80 Å². The Morgan fingerprint density at radius 2 is 1.93 bits per heavy atom. The molecule has 0 heterocycles. The maximum atomic E-state index is 9.44. The fourth-order valence-corrected chi connectivity index (χ4v) is 2.09. The van der Waals surface area contributed by atoms with Crippen LogP contribution in [0.5, 0.6) is 0 Å². The molecule has 0 saturated heterocycles. The van der Waals surface area contributed by atoms with Crippen LogP contribution < -0.4 is 0 Å². The lowest BCUT2D eigenvalue weighted by Gasteiger charge is -1.99. The second-order valence-corrected chi connectivity index (χ2v) is 6.05. The van der Waals surface area contributed by atoms with Crippen molar-refractivity contribution in [2.75, 3.05) is 0 Å². The van der Waals surface area contributed by atoms with E-state index in [1.165, 1.54) is 5.56 Å². The van der Waals surface area contributed by atoms with E-state index in [0.29, 0.717) is 0 Å². The van der Waals surface area contributed by atoms with Gasteiger partial charge >= 0.3 is 0 Å². The average Bonchev–Trinajstić information content (AvgIpc) is 2.25. The Hall–Kier alpha value is -0.863. The second kappa shape index (κ2) is 6.57. The zero-order valence-electron chi connectivity index (χ0n) is 8.69. The quantitative estimate of drug-likeness (QED) is 0.580. The molecule has 0 aromatic heterocycles. The Balaban J connectivity index is 2.27. The predicted molar refractivity (Wildman–Crippen MR) is 63.9 cm³/mol. The highest BCUT2D eigenvalue weighted by molar-refractivity contribution is 6.50. The molecule has 2 heteroatoms. The fourth-order valence-electron chi connectivity index (χ4n) is 1.25. The van der Waals surface area contributed by atoms with Crippen LogP contribution in [0.2, 0.25) is 12.1 Å². The van der Waals surface area contributed by atoms with Crippen LogP contribution in [-0.4, -0.2) is 13.8 Å². The largest absolute Gasteiger partial charge is 0.434 e. The average molecular weight is 206 g/mol. The molecule has 0 saturated carbocycles. The van der Waals surface area contributed by atoms with Crippen LogP contribution in [0.4, 0.5) is 0 Å². The van der Waals surface area contributed by atoms with E-state index in [9.17, 15) is 4.80 Å². The first-order chi connectivity index (χ1) is 6.83. The van der Waals surface area contributed by atoms with Crippen LogP contribution in [-0.2, 0) is 6.42 Å². The van der Waals surface area contributed by atoms with Gasteiger partial charge in [-0.2, -0.15) is 0 Å². The summed E-state index contributed by atoms with van der Waals surface area (Å²) in [5.74, 6) is 0. The van der Waals surface area contributed by atoms with Crippen molar-refractivity contribution in [1.82, 2.24) is 0 Å². The van der Waals surface area contributed by atoms with E-state index in [-0.39, 0.29) is 0 Å². The Morgan fingerprint density at radius 1 is 1.21 bits per heavy atom. The molecule has 0 spiro atoms. The summed E-state index contributed by atoms with van der Waals surface area (Å²) in [6.45, 7) is 2.06. The summed E-state index contributed by atoms with van der Waals surface area (Å²) in [6, 6.07) is 12.3. The molecule has 1 aromatic rings. The molecular formula is C12H18OSi. The number of hydrogen-bond donors (Lipinski definition) is 1. The van der Waals surface area contributed by atoms with E-state index < -0.39 is 9.04 Å². The van der Waals surface area contributed by atoms with E-state index in [4.69, 9.17) is 0 Å². The van der Waals surface area contributed by atoms with Crippen LogP contribution in [0.25, 0.3) is 0 Å². The molecule has 1 nitrogen and oxygen atoms in total. The second-order valence-electron chi connectivity index (χ2n) is 3.46. The highest BCUT2D eigenvalue weighted by atomic mass is 28.3. The fraction of sp³-hybridized carbons (Fsp3) is 0.333. The minimum absolute atomic E-state index is 0.906.